The molecule has 0 radical (unpaired) electrons. The van der Waals surface area contributed by atoms with Crippen LogP contribution in [0.3, 0.4) is 0 Å². The highest BCUT2D eigenvalue weighted by atomic mass is 32.1. The molecule has 0 aromatic rings. The molecule has 1 aliphatic carbocycles. The Balaban J connectivity index is 1.72. The van der Waals surface area contributed by atoms with E-state index in [1.807, 2.05) is 0 Å². The Morgan fingerprint density at radius 3 is 2.06 bits per heavy atom. The quantitative estimate of drug-likeness (QED) is 0.755. The van der Waals surface area contributed by atoms with Crippen LogP contribution in [0.5, 0.6) is 0 Å². The van der Waals surface area contributed by atoms with Gasteiger partial charge in [-0.15, -0.1) is 0 Å². The van der Waals surface area contributed by atoms with Crippen molar-refractivity contribution in [2.24, 2.45) is 11.3 Å². The first-order chi connectivity index (χ1) is 8.13. The maximum absolute atomic E-state index is 4.56. The molecule has 1 heterocycles. The van der Waals surface area contributed by atoms with Gasteiger partial charge in [0.2, 0.25) is 0 Å². The summed E-state index contributed by atoms with van der Waals surface area (Å²) >= 11 is 4.56. The number of nitrogens with zero attached hydrogens (tertiary/aromatic N) is 2. The number of piperazine rings is 1. The maximum atomic E-state index is 4.56. The summed E-state index contributed by atoms with van der Waals surface area (Å²) in [6.07, 6.45) is 4.24. The summed E-state index contributed by atoms with van der Waals surface area (Å²) in [5, 5.41) is 0. The lowest BCUT2D eigenvalue weighted by atomic mass is 9.70. The van der Waals surface area contributed by atoms with Gasteiger partial charge in [-0.1, -0.05) is 20.3 Å². The van der Waals surface area contributed by atoms with Gasteiger partial charge in [0.25, 0.3) is 0 Å². The van der Waals surface area contributed by atoms with Gasteiger partial charge in [0, 0.05) is 39.3 Å². The summed E-state index contributed by atoms with van der Waals surface area (Å²) in [5.74, 6) is 1.89. The lowest BCUT2D eigenvalue weighted by Gasteiger charge is -2.46. The van der Waals surface area contributed by atoms with Crippen molar-refractivity contribution in [1.82, 2.24) is 9.80 Å². The van der Waals surface area contributed by atoms with Gasteiger partial charge in [-0.3, -0.25) is 0 Å². The van der Waals surface area contributed by atoms with Crippen molar-refractivity contribution in [3.8, 4) is 0 Å². The Kier molecular flexibility index (Phi) is 4.79. The molecule has 0 unspecified atom stereocenters. The summed E-state index contributed by atoms with van der Waals surface area (Å²) in [7, 11) is 0. The Hall–Kier alpha value is 0.270. The lowest BCUT2D eigenvalue weighted by molar-refractivity contribution is 0.0508. The Morgan fingerprint density at radius 2 is 1.65 bits per heavy atom. The van der Waals surface area contributed by atoms with Crippen molar-refractivity contribution in [3.63, 3.8) is 0 Å². The summed E-state index contributed by atoms with van der Waals surface area (Å²) in [6, 6.07) is 0. The molecule has 2 fully saturated rings. The molecule has 100 valence electrons. The predicted molar refractivity (Wildman–Crippen MR) is 77.9 cm³/mol. The standard InChI is InChI=1S/C14H28N2S/c1-13(2)10-15-6-8-16(9-7-15)11-14(12-17)4-3-5-14/h13,17H,3-12H2,1-2H3. The topological polar surface area (TPSA) is 6.48 Å². The van der Waals surface area contributed by atoms with Crippen LogP contribution in [0.25, 0.3) is 0 Å². The number of hydrogen-bond acceptors (Lipinski definition) is 3. The maximum Gasteiger partial charge on any atom is 0.0110 e. The molecule has 2 rings (SSSR count). The first-order valence-electron chi connectivity index (χ1n) is 7.19. The van der Waals surface area contributed by atoms with Crippen LogP contribution in [0.2, 0.25) is 0 Å². The number of hydrogen-bond donors (Lipinski definition) is 1. The Bertz CT molecular complexity index is 225. The molecular formula is C14H28N2S. The van der Waals surface area contributed by atoms with Crippen LogP contribution in [0.4, 0.5) is 0 Å². The molecule has 0 aromatic carbocycles. The highest BCUT2D eigenvalue weighted by Gasteiger charge is 2.37. The van der Waals surface area contributed by atoms with Crippen LogP contribution in [0, 0.1) is 11.3 Å². The fraction of sp³-hybridized carbons (Fsp3) is 1.00. The van der Waals surface area contributed by atoms with Crippen LogP contribution in [-0.2, 0) is 0 Å². The SMILES string of the molecule is CC(C)CN1CCN(CC2(CS)CCC2)CC1. The lowest BCUT2D eigenvalue weighted by Crippen LogP contribution is -2.52. The third kappa shape index (κ3) is 3.62. The number of thiol groups is 1. The summed E-state index contributed by atoms with van der Waals surface area (Å²) in [4.78, 5) is 5.29. The van der Waals surface area contributed by atoms with Crippen molar-refractivity contribution in [3.05, 3.63) is 0 Å². The molecule has 2 nitrogen and oxygen atoms in total. The molecule has 1 saturated heterocycles. The predicted octanol–water partition coefficient (Wildman–Crippen LogP) is 2.36. The summed E-state index contributed by atoms with van der Waals surface area (Å²) < 4.78 is 0. The molecular weight excluding hydrogens is 228 g/mol. The minimum absolute atomic E-state index is 0.573. The normalized spacial score (nSPS) is 26.1. The highest BCUT2D eigenvalue weighted by Crippen LogP contribution is 2.42. The molecule has 2 aliphatic rings. The van der Waals surface area contributed by atoms with Gasteiger partial charge in [-0.2, -0.15) is 12.6 Å². The third-order valence-electron chi connectivity index (χ3n) is 4.40. The smallest absolute Gasteiger partial charge is 0.0110 e. The number of rotatable bonds is 5. The van der Waals surface area contributed by atoms with Crippen LogP contribution < -0.4 is 0 Å². The van der Waals surface area contributed by atoms with E-state index in [2.05, 4.69) is 36.3 Å². The second-order valence-electron chi connectivity index (χ2n) is 6.48. The zero-order valence-corrected chi connectivity index (χ0v) is 12.4. The summed E-state index contributed by atoms with van der Waals surface area (Å²) in [5.41, 5.74) is 0.573. The van der Waals surface area contributed by atoms with Crippen molar-refractivity contribution >= 4 is 12.6 Å². The zero-order valence-electron chi connectivity index (χ0n) is 11.5. The molecule has 1 saturated carbocycles. The van der Waals surface area contributed by atoms with Gasteiger partial charge in [0.15, 0.2) is 0 Å². The average Bonchev–Trinajstić information content (AvgIpc) is 2.25. The van der Waals surface area contributed by atoms with Gasteiger partial charge in [-0.05, 0) is 29.9 Å². The van der Waals surface area contributed by atoms with Crippen LogP contribution in [0.1, 0.15) is 33.1 Å². The van der Waals surface area contributed by atoms with Gasteiger partial charge in [0.1, 0.15) is 0 Å². The van der Waals surface area contributed by atoms with E-state index in [1.165, 1.54) is 58.5 Å². The van der Waals surface area contributed by atoms with Crippen molar-refractivity contribution in [2.45, 2.75) is 33.1 Å². The van der Waals surface area contributed by atoms with E-state index in [0.29, 0.717) is 5.41 Å². The molecule has 17 heavy (non-hydrogen) atoms. The van der Waals surface area contributed by atoms with Crippen LogP contribution >= 0.6 is 12.6 Å². The van der Waals surface area contributed by atoms with Gasteiger partial charge >= 0.3 is 0 Å². The van der Waals surface area contributed by atoms with Crippen LogP contribution in [0.15, 0.2) is 0 Å². The van der Waals surface area contributed by atoms with Gasteiger partial charge in [0.05, 0.1) is 0 Å². The van der Waals surface area contributed by atoms with Gasteiger partial charge in [-0.25, -0.2) is 0 Å². The fourth-order valence-electron chi connectivity index (χ4n) is 3.16. The molecule has 0 spiro atoms. The van der Waals surface area contributed by atoms with E-state index in [1.54, 1.807) is 0 Å². The van der Waals surface area contributed by atoms with E-state index in [4.69, 9.17) is 0 Å². The monoisotopic (exact) mass is 256 g/mol. The molecule has 1 aliphatic heterocycles. The molecule has 0 atom stereocenters. The fourth-order valence-corrected chi connectivity index (χ4v) is 3.58. The van der Waals surface area contributed by atoms with E-state index >= 15 is 0 Å². The van der Waals surface area contributed by atoms with Gasteiger partial charge < -0.3 is 9.80 Å². The molecule has 0 aromatic heterocycles. The Morgan fingerprint density at radius 1 is 1.06 bits per heavy atom. The zero-order chi connectivity index (χ0) is 12.3. The summed E-state index contributed by atoms with van der Waals surface area (Å²) in [6.45, 7) is 12.3. The van der Waals surface area contributed by atoms with E-state index in [9.17, 15) is 0 Å². The minimum Gasteiger partial charge on any atom is -0.301 e. The minimum atomic E-state index is 0.573. The average molecular weight is 256 g/mol. The van der Waals surface area contributed by atoms with Crippen molar-refractivity contribution < 1.29 is 0 Å². The second-order valence-corrected chi connectivity index (χ2v) is 6.80. The van der Waals surface area contributed by atoms with Crippen molar-refractivity contribution in [2.75, 3.05) is 45.0 Å². The van der Waals surface area contributed by atoms with E-state index in [-0.39, 0.29) is 0 Å². The van der Waals surface area contributed by atoms with Crippen molar-refractivity contribution in [1.29, 1.82) is 0 Å². The van der Waals surface area contributed by atoms with Crippen LogP contribution in [-0.4, -0.2) is 54.8 Å². The second kappa shape index (κ2) is 5.94. The largest absolute Gasteiger partial charge is 0.301 e. The molecule has 0 amide bonds. The highest BCUT2D eigenvalue weighted by molar-refractivity contribution is 7.80. The first kappa shape index (κ1) is 13.7. The first-order valence-corrected chi connectivity index (χ1v) is 7.82. The van der Waals surface area contributed by atoms with E-state index < -0.39 is 0 Å². The third-order valence-corrected chi connectivity index (χ3v) is 5.07. The molecule has 3 heteroatoms. The molecule has 0 N–H and O–H groups in total. The Labute approximate surface area is 112 Å². The molecule has 0 bridgehead atoms. The van der Waals surface area contributed by atoms with E-state index in [0.717, 1.165) is 11.7 Å².